The number of fused-ring (bicyclic) bond motifs is 14. The monoisotopic (exact) mass is 584 g/mol. The number of hydrogen-bond acceptors (Lipinski definition) is 0. The van der Waals surface area contributed by atoms with Crippen molar-refractivity contribution < 1.29 is 0 Å². The minimum absolute atomic E-state index is 0.115. The molecule has 0 unspecified atom stereocenters. The van der Waals surface area contributed by atoms with E-state index < -0.39 is 0 Å². The first-order valence-corrected chi connectivity index (χ1v) is 16.6. The molecule has 0 heteroatoms. The molecule has 0 heterocycles. The molecular formula is C46H32. The van der Waals surface area contributed by atoms with Crippen LogP contribution in [0.5, 0.6) is 0 Å². The van der Waals surface area contributed by atoms with Gasteiger partial charge >= 0.3 is 0 Å². The largest absolute Gasteiger partial charge is 0.0616 e. The molecule has 0 spiro atoms. The summed E-state index contributed by atoms with van der Waals surface area (Å²) < 4.78 is 0. The summed E-state index contributed by atoms with van der Waals surface area (Å²) in [6.45, 7) is 9.78. The third-order valence-corrected chi connectivity index (χ3v) is 11.9. The van der Waals surface area contributed by atoms with Gasteiger partial charge < -0.3 is 0 Å². The standard InChI is InChI=1S/C46H32/c1-45(2)36-24-35-37(23-34(36)42-32-21-19-27-12-9-11-26-16-17-28(22-38(42)45)40(32)39(26)27)46(3,4)44-31-15-8-7-14-30(31)41-29-13-6-5-10-25(29)18-20-33(41)43(35)44/h5-24H,1-4H3. The minimum atomic E-state index is -0.143. The lowest BCUT2D eigenvalue weighted by Gasteiger charge is -2.25. The van der Waals surface area contributed by atoms with E-state index in [1.807, 2.05) is 0 Å². The number of rotatable bonds is 0. The van der Waals surface area contributed by atoms with E-state index in [1.54, 1.807) is 0 Å². The Morgan fingerprint density at radius 2 is 0.913 bits per heavy atom. The molecule has 0 fully saturated rings. The molecule has 0 atom stereocenters. The molecule has 9 aromatic carbocycles. The van der Waals surface area contributed by atoms with Gasteiger partial charge in [0.25, 0.3) is 0 Å². The van der Waals surface area contributed by atoms with Crippen LogP contribution in [0.1, 0.15) is 49.9 Å². The Morgan fingerprint density at radius 3 is 1.70 bits per heavy atom. The highest BCUT2D eigenvalue weighted by atomic mass is 14.5. The van der Waals surface area contributed by atoms with Crippen molar-refractivity contribution >= 4 is 64.6 Å². The SMILES string of the molecule is CC1(C)c2cc3c(cc2-c2c1cc1ccc4cccc5ccc2c1c45)C(C)(C)c1c-3c2ccc3ccccc3c2c2ccccc12. The first-order chi connectivity index (χ1) is 22.3. The van der Waals surface area contributed by atoms with Crippen LogP contribution in [0.25, 0.3) is 86.9 Å². The third kappa shape index (κ3) is 2.76. The molecule has 0 nitrogen and oxygen atoms in total. The van der Waals surface area contributed by atoms with Crippen molar-refractivity contribution in [2.45, 2.75) is 38.5 Å². The average molecular weight is 585 g/mol. The van der Waals surface area contributed by atoms with E-state index >= 15 is 0 Å². The zero-order valence-electron chi connectivity index (χ0n) is 26.5. The van der Waals surface area contributed by atoms with Gasteiger partial charge in [-0.05, 0) is 127 Å². The minimum Gasteiger partial charge on any atom is -0.0616 e. The van der Waals surface area contributed by atoms with Gasteiger partial charge in [-0.2, -0.15) is 0 Å². The molecule has 0 aliphatic heterocycles. The van der Waals surface area contributed by atoms with E-state index in [0.717, 1.165) is 0 Å². The van der Waals surface area contributed by atoms with Crippen molar-refractivity contribution in [3.05, 3.63) is 144 Å². The van der Waals surface area contributed by atoms with Gasteiger partial charge in [0.05, 0.1) is 0 Å². The van der Waals surface area contributed by atoms with Crippen molar-refractivity contribution in [3.63, 3.8) is 0 Å². The average Bonchev–Trinajstić information content (AvgIpc) is 3.45. The first kappa shape index (κ1) is 25.0. The Labute approximate surface area is 268 Å². The molecule has 0 N–H and O–H groups in total. The van der Waals surface area contributed by atoms with Gasteiger partial charge in [-0.1, -0.05) is 131 Å². The fraction of sp³-hybridized carbons (Fsp3) is 0.130. The maximum atomic E-state index is 2.59. The molecule has 9 aromatic rings. The van der Waals surface area contributed by atoms with Crippen LogP contribution in [0.3, 0.4) is 0 Å². The van der Waals surface area contributed by atoms with Gasteiger partial charge in [-0.25, -0.2) is 0 Å². The summed E-state index contributed by atoms with van der Waals surface area (Å²) in [6, 6.07) is 46.5. The van der Waals surface area contributed by atoms with Crippen LogP contribution in [-0.2, 0) is 10.8 Å². The quantitative estimate of drug-likeness (QED) is 0.156. The maximum Gasteiger partial charge on any atom is 0.0165 e. The van der Waals surface area contributed by atoms with E-state index in [1.165, 1.54) is 109 Å². The van der Waals surface area contributed by atoms with Crippen LogP contribution in [0, 0.1) is 0 Å². The number of hydrogen-bond donors (Lipinski definition) is 0. The zero-order valence-corrected chi connectivity index (χ0v) is 26.5. The third-order valence-electron chi connectivity index (χ3n) is 11.9. The van der Waals surface area contributed by atoms with Crippen LogP contribution in [0.2, 0.25) is 0 Å². The molecule has 2 aliphatic rings. The van der Waals surface area contributed by atoms with E-state index in [2.05, 4.69) is 149 Å². The fourth-order valence-electron chi connectivity index (χ4n) is 9.81. The van der Waals surface area contributed by atoms with Crippen molar-refractivity contribution in [1.29, 1.82) is 0 Å². The van der Waals surface area contributed by atoms with Crippen molar-refractivity contribution in [2.24, 2.45) is 0 Å². The van der Waals surface area contributed by atoms with E-state index in [0.29, 0.717) is 0 Å². The second-order valence-electron chi connectivity index (χ2n) is 14.9. The fourth-order valence-corrected chi connectivity index (χ4v) is 9.81. The highest BCUT2D eigenvalue weighted by Crippen LogP contribution is 2.60. The second kappa shape index (κ2) is 7.95. The summed E-state index contributed by atoms with van der Waals surface area (Å²) in [6.07, 6.45) is 0. The summed E-state index contributed by atoms with van der Waals surface area (Å²) in [4.78, 5) is 0. The van der Waals surface area contributed by atoms with E-state index in [4.69, 9.17) is 0 Å². The highest BCUT2D eigenvalue weighted by Gasteiger charge is 2.44. The van der Waals surface area contributed by atoms with E-state index in [-0.39, 0.29) is 10.8 Å². The molecular weight excluding hydrogens is 553 g/mol. The lowest BCUT2D eigenvalue weighted by atomic mass is 9.78. The summed E-state index contributed by atoms with van der Waals surface area (Å²) in [7, 11) is 0. The van der Waals surface area contributed by atoms with Gasteiger partial charge in [0.2, 0.25) is 0 Å². The molecule has 11 rings (SSSR count). The van der Waals surface area contributed by atoms with Crippen molar-refractivity contribution in [2.75, 3.05) is 0 Å². The van der Waals surface area contributed by atoms with Crippen LogP contribution in [-0.4, -0.2) is 0 Å². The molecule has 0 radical (unpaired) electrons. The Bertz CT molecular complexity index is 2830. The van der Waals surface area contributed by atoms with Crippen molar-refractivity contribution in [1.82, 2.24) is 0 Å². The molecule has 46 heavy (non-hydrogen) atoms. The molecule has 0 bridgehead atoms. The normalized spacial score (nSPS) is 15.7. The Balaban J connectivity index is 1.29. The summed E-state index contributed by atoms with van der Waals surface area (Å²) in [5.74, 6) is 0. The van der Waals surface area contributed by atoms with Crippen LogP contribution in [0.4, 0.5) is 0 Å². The van der Waals surface area contributed by atoms with Gasteiger partial charge in [0.1, 0.15) is 0 Å². The summed E-state index contributed by atoms with van der Waals surface area (Å²) >= 11 is 0. The zero-order chi connectivity index (χ0) is 30.7. The first-order valence-electron chi connectivity index (χ1n) is 16.6. The Hall–Kier alpha value is -5.20. The topological polar surface area (TPSA) is 0 Å². The maximum absolute atomic E-state index is 2.59. The van der Waals surface area contributed by atoms with E-state index in [9.17, 15) is 0 Å². The Kier molecular flexibility index (Phi) is 4.33. The second-order valence-corrected chi connectivity index (χ2v) is 14.9. The Morgan fingerprint density at radius 1 is 0.348 bits per heavy atom. The molecule has 0 aromatic heterocycles. The number of benzene rings is 9. The van der Waals surface area contributed by atoms with Crippen LogP contribution >= 0.6 is 0 Å². The summed E-state index contributed by atoms with van der Waals surface area (Å²) in [5, 5.41) is 16.3. The van der Waals surface area contributed by atoms with Gasteiger partial charge in [0, 0.05) is 10.8 Å². The van der Waals surface area contributed by atoms with Gasteiger partial charge in [-0.15, -0.1) is 0 Å². The molecule has 216 valence electrons. The predicted molar refractivity (Wildman–Crippen MR) is 198 cm³/mol. The summed E-state index contributed by atoms with van der Waals surface area (Å²) in [5.41, 5.74) is 11.2. The predicted octanol–water partition coefficient (Wildman–Crippen LogP) is 12.7. The van der Waals surface area contributed by atoms with Gasteiger partial charge in [0.15, 0.2) is 0 Å². The smallest absolute Gasteiger partial charge is 0.0165 e. The molecule has 0 saturated heterocycles. The molecule has 0 amide bonds. The van der Waals surface area contributed by atoms with Crippen molar-refractivity contribution in [3.8, 4) is 22.3 Å². The lowest BCUT2D eigenvalue weighted by molar-refractivity contribution is 0.655. The van der Waals surface area contributed by atoms with Crippen LogP contribution < -0.4 is 0 Å². The molecule has 0 saturated carbocycles. The molecule has 2 aliphatic carbocycles. The highest BCUT2D eigenvalue weighted by molar-refractivity contribution is 6.28. The van der Waals surface area contributed by atoms with Gasteiger partial charge in [-0.3, -0.25) is 0 Å². The van der Waals surface area contributed by atoms with Crippen LogP contribution in [0.15, 0.2) is 121 Å². The lowest BCUT2D eigenvalue weighted by Crippen LogP contribution is -2.17.